The molecule has 0 aliphatic rings. The van der Waals surface area contributed by atoms with Gasteiger partial charge in [0.1, 0.15) is 12.5 Å². The van der Waals surface area contributed by atoms with E-state index < -0.39 is 17.1 Å². The molecule has 0 heterocycles. The first-order chi connectivity index (χ1) is 11.1. The van der Waals surface area contributed by atoms with E-state index >= 15 is 0 Å². The molecule has 122 valence electrons. The molecule has 0 aromatic heterocycles. The van der Waals surface area contributed by atoms with Crippen LogP contribution in [0, 0.1) is 0 Å². The highest BCUT2D eigenvalue weighted by Gasteiger charge is 2.04. The second-order valence-corrected chi connectivity index (χ2v) is 5.15. The SMILES string of the molecule is O=C(Nc1ccc(CNCO[SH](=O)=O)cc1)Oc1ccccc1. The lowest BCUT2D eigenvalue weighted by atomic mass is 10.2. The van der Waals surface area contributed by atoms with Crippen molar-refractivity contribution in [1.29, 1.82) is 0 Å². The van der Waals surface area contributed by atoms with Crippen molar-refractivity contribution in [3.63, 3.8) is 0 Å². The lowest BCUT2D eigenvalue weighted by molar-refractivity contribution is 0.215. The van der Waals surface area contributed by atoms with Gasteiger partial charge in [0.05, 0.1) is 0 Å². The van der Waals surface area contributed by atoms with E-state index in [1.54, 1.807) is 48.5 Å². The Morgan fingerprint density at radius 3 is 2.35 bits per heavy atom. The van der Waals surface area contributed by atoms with Crippen LogP contribution in [0.25, 0.3) is 0 Å². The lowest BCUT2D eigenvalue weighted by Gasteiger charge is -2.08. The lowest BCUT2D eigenvalue weighted by Crippen LogP contribution is -2.18. The highest BCUT2D eigenvalue weighted by atomic mass is 32.2. The molecule has 0 saturated heterocycles. The molecule has 23 heavy (non-hydrogen) atoms. The van der Waals surface area contributed by atoms with E-state index in [1.165, 1.54) is 0 Å². The fourth-order valence-electron chi connectivity index (χ4n) is 1.74. The monoisotopic (exact) mass is 336 g/mol. The van der Waals surface area contributed by atoms with Crippen molar-refractivity contribution in [2.24, 2.45) is 0 Å². The van der Waals surface area contributed by atoms with Gasteiger partial charge in [-0.25, -0.2) is 13.2 Å². The summed E-state index contributed by atoms with van der Waals surface area (Å²) in [5, 5.41) is 5.42. The van der Waals surface area contributed by atoms with E-state index in [0.717, 1.165) is 5.56 Å². The van der Waals surface area contributed by atoms with Crippen LogP contribution in [-0.4, -0.2) is 21.2 Å². The fraction of sp³-hybridized carbons (Fsp3) is 0.133. The molecule has 0 fully saturated rings. The third-order valence-electron chi connectivity index (χ3n) is 2.76. The predicted molar refractivity (Wildman–Crippen MR) is 85.6 cm³/mol. The van der Waals surface area contributed by atoms with Crippen molar-refractivity contribution >= 4 is 22.8 Å². The first-order valence-corrected chi connectivity index (χ1v) is 7.84. The van der Waals surface area contributed by atoms with E-state index in [1.807, 2.05) is 6.07 Å². The van der Waals surface area contributed by atoms with Crippen molar-refractivity contribution in [2.45, 2.75) is 6.54 Å². The number of hydrogen-bond acceptors (Lipinski definition) is 6. The standard InChI is InChI=1S/C15H16N2O5S/c18-15(22-14-4-2-1-3-5-14)17-13-8-6-12(7-9-13)10-16-11-21-23(19)20/h1-9,16,23H,10-11H2,(H,17,18). The van der Waals surface area contributed by atoms with Crippen LogP contribution < -0.4 is 15.4 Å². The smallest absolute Gasteiger partial charge is 0.410 e. The third kappa shape index (κ3) is 6.47. The van der Waals surface area contributed by atoms with Crippen LogP contribution in [-0.2, 0) is 21.7 Å². The minimum Gasteiger partial charge on any atom is -0.410 e. The highest BCUT2D eigenvalue weighted by Crippen LogP contribution is 2.12. The van der Waals surface area contributed by atoms with Gasteiger partial charge in [0.15, 0.2) is 0 Å². The largest absolute Gasteiger partial charge is 0.417 e. The number of thiol groups is 1. The number of anilines is 1. The van der Waals surface area contributed by atoms with Gasteiger partial charge in [-0.3, -0.25) is 14.8 Å². The molecule has 2 aromatic rings. The van der Waals surface area contributed by atoms with Crippen molar-refractivity contribution in [1.82, 2.24) is 5.32 Å². The van der Waals surface area contributed by atoms with Gasteiger partial charge >= 0.3 is 6.09 Å². The van der Waals surface area contributed by atoms with Crippen LogP contribution >= 0.6 is 0 Å². The highest BCUT2D eigenvalue weighted by molar-refractivity contribution is 7.67. The number of nitrogens with one attached hydrogen (secondary N) is 2. The molecule has 0 radical (unpaired) electrons. The number of rotatable bonds is 7. The maximum atomic E-state index is 11.7. The van der Waals surface area contributed by atoms with Crippen molar-refractivity contribution in [3.8, 4) is 5.75 Å². The number of carbonyl (C=O) groups excluding carboxylic acids is 1. The number of hydrogen-bond donors (Lipinski definition) is 3. The Kier molecular flexibility index (Phi) is 6.55. The molecule has 2 rings (SSSR count). The van der Waals surface area contributed by atoms with Crippen molar-refractivity contribution in [2.75, 3.05) is 12.0 Å². The average molecular weight is 336 g/mol. The van der Waals surface area contributed by atoms with Crippen LogP contribution in [0.15, 0.2) is 54.6 Å². The quantitative estimate of drug-likeness (QED) is 0.406. The Balaban J connectivity index is 1.79. The molecule has 0 bridgehead atoms. The molecule has 7 nitrogen and oxygen atoms in total. The number of benzene rings is 2. The van der Waals surface area contributed by atoms with Gasteiger partial charge in [0, 0.05) is 12.2 Å². The van der Waals surface area contributed by atoms with Crippen molar-refractivity contribution < 1.29 is 22.1 Å². The molecular formula is C15H16N2O5S. The Morgan fingerprint density at radius 2 is 1.70 bits per heavy atom. The number of para-hydroxylation sites is 1. The van der Waals surface area contributed by atoms with Gasteiger partial charge in [-0.15, -0.1) is 0 Å². The summed E-state index contributed by atoms with van der Waals surface area (Å²) in [4.78, 5) is 11.7. The molecule has 2 aromatic carbocycles. The number of ether oxygens (including phenoxy) is 1. The van der Waals surface area contributed by atoms with Crippen LogP contribution in [0.2, 0.25) is 0 Å². The minimum atomic E-state index is -2.84. The maximum Gasteiger partial charge on any atom is 0.417 e. The fourth-order valence-corrected chi connectivity index (χ4v) is 1.94. The summed E-state index contributed by atoms with van der Waals surface area (Å²) in [7, 11) is -2.84. The molecule has 1 amide bonds. The Labute approximate surface area is 135 Å². The Morgan fingerprint density at radius 1 is 1.00 bits per heavy atom. The zero-order valence-electron chi connectivity index (χ0n) is 12.1. The predicted octanol–water partition coefficient (Wildman–Crippen LogP) is 1.89. The molecule has 0 aliphatic carbocycles. The minimum absolute atomic E-state index is 0.0812. The molecule has 0 spiro atoms. The van der Waals surface area contributed by atoms with Gasteiger partial charge in [-0.1, -0.05) is 30.3 Å². The average Bonchev–Trinajstić information content (AvgIpc) is 2.54. The summed E-state index contributed by atoms with van der Waals surface area (Å²) >= 11 is 0. The van der Waals surface area contributed by atoms with Crippen LogP contribution in [0.1, 0.15) is 5.56 Å². The molecule has 0 unspecified atom stereocenters. The molecule has 8 heteroatoms. The summed E-state index contributed by atoms with van der Waals surface area (Å²) in [5.74, 6) is 0.461. The molecular weight excluding hydrogens is 320 g/mol. The number of carbonyl (C=O) groups is 1. The van der Waals surface area contributed by atoms with Gasteiger partial charge in [-0.05, 0) is 29.8 Å². The van der Waals surface area contributed by atoms with Crippen molar-refractivity contribution in [3.05, 3.63) is 60.2 Å². The summed E-state index contributed by atoms with van der Waals surface area (Å²) in [5.41, 5.74) is 1.50. The van der Waals surface area contributed by atoms with Gasteiger partial charge in [-0.2, -0.15) is 0 Å². The van der Waals surface area contributed by atoms with Gasteiger partial charge in [0.25, 0.3) is 11.0 Å². The summed E-state index contributed by atoms with van der Waals surface area (Å²) < 4.78 is 29.9. The second kappa shape index (κ2) is 8.89. The van der Waals surface area contributed by atoms with Gasteiger partial charge in [0.2, 0.25) is 0 Å². The maximum absolute atomic E-state index is 11.7. The second-order valence-electron chi connectivity index (χ2n) is 4.45. The zero-order chi connectivity index (χ0) is 16.5. The van der Waals surface area contributed by atoms with E-state index in [0.29, 0.717) is 18.0 Å². The Hall–Kier alpha value is -2.42. The van der Waals surface area contributed by atoms with E-state index in [2.05, 4.69) is 14.8 Å². The third-order valence-corrected chi connectivity index (χ3v) is 3.10. The van der Waals surface area contributed by atoms with Crippen LogP contribution in [0.3, 0.4) is 0 Å². The van der Waals surface area contributed by atoms with E-state index in [-0.39, 0.29) is 6.73 Å². The first kappa shape index (κ1) is 16.9. The molecule has 2 N–H and O–H groups in total. The molecule has 0 saturated carbocycles. The van der Waals surface area contributed by atoms with Crippen LogP contribution in [0.4, 0.5) is 10.5 Å². The first-order valence-electron chi connectivity index (χ1n) is 6.74. The summed E-state index contributed by atoms with van der Waals surface area (Å²) in [6.45, 7) is 0.361. The summed E-state index contributed by atoms with van der Waals surface area (Å²) in [6.07, 6.45) is -0.574. The number of amides is 1. The summed E-state index contributed by atoms with van der Waals surface area (Å²) in [6, 6.07) is 15.8. The zero-order valence-corrected chi connectivity index (χ0v) is 13.0. The molecule has 0 aliphatic heterocycles. The normalized spacial score (nSPS) is 10.5. The topological polar surface area (TPSA) is 93.7 Å². The van der Waals surface area contributed by atoms with E-state index in [9.17, 15) is 13.2 Å². The van der Waals surface area contributed by atoms with E-state index in [4.69, 9.17) is 4.74 Å². The van der Waals surface area contributed by atoms with Crippen LogP contribution in [0.5, 0.6) is 5.75 Å². The Bertz CT molecular complexity index is 694. The molecule has 0 atom stereocenters. The van der Waals surface area contributed by atoms with Gasteiger partial charge < -0.3 is 4.74 Å².